The molecule has 5 nitrogen and oxygen atoms in total. The lowest BCUT2D eigenvalue weighted by molar-refractivity contribution is 0.143. The van der Waals surface area contributed by atoms with Crippen molar-refractivity contribution >= 4 is 10.2 Å². The van der Waals surface area contributed by atoms with Crippen molar-refractivity contribution in [3.63, 3.8) is 0 Å². The Bertz CT molecular complexity index is 281. The molecule has 0 aromatic rings. The number of hydrogen-bond donors (Lipinski definition) is 2. The Morgan fingerprint density at radius 3 is 2.36 bits per heavy atom. The number of hydrogen-bond acceptors (Lipinski definition) is 3. The van der Waals surface area contributed by atoms with Gasteiger partial charge >= 0.3 is 0 Å². The predicted molar refractivity (Wildman–Crippen MR) is 55.9 cm³/mol. The van der Waals surface area contributed by atoms with Gasteiger partial charge in [-0.2, -0.15) is 8.42 Å². The molecule has 1 heterocycles. The van der Waals surface area contributed by atoms with E-state index in [1.54, 1.807) is 0 Å². The maximum atomic E-state index is 10.7. The smallest absolute Gasteiger partial charge is 0.274 e. The molecule has 84 valence electrons. The summed E-state index contributed by atoms with van der Waals surface area (Å²) in [6, 6.07) is 0. The number of likely N-dealkylation sites (tertiary alicyclic amines) is 1. The molecule has 1 rings (SSSR count). The van der Waals surface area contributed by atoms with Crippen molar-refractivity contribution in [2.45, 2.75) is 19.8 Å². The quantitative estimate of drug-likeness (QED) is 0.675. The van der Waals surface area contributed by atoms with E-state index in [0.29, 0.717) is 6.54 Å². The van der Waals surface area contributed by atoms with Crippen molar-refractivity contribution in [3.05, 3.63) is 0 Å². The minimum Gasteiger partial charge on any atom is -0.306 e. The maximum absolute atomic E-state index is 10.7. The van der Waals surface area contributed by atoms with E-state index in [-0.39, 0.29) is 5.41 Å². The van der Waals surface area contributed by atoms with Crippen LogP contribution < -0.4 is 9.86 Å². The van der Waals surface area contributed by atoms with Crippen molar-refractivity contribution in [1.29, 1.82) is 0 Å². The second-order valence-electron chi connectivity index (χ2n) is 4.48. The van der Waals surface area contributed by atoms with E-state index in [4.69, 9.17) is 5.14 Å². The van der Waals surface area contributed by atoms with Gasteiger partial charge in [-0.1, -0.05) is 6.92 Å². The average molecular weight is 221 g/mol. The Balaban J connectivity index is 2.43. The molecule has 1 saturated heterocycles. The average Bonchev–Trinajstić information content (AvgIpc) is 2.07. The lowest BCUT2D eigenvalue weighted by Gasteiger charge is -2.37. The summed E-state index contributed by atoms with van der Waals surface area (Å²) >= 11 is 0. The minimum absolute atomic E-state index is 0.0545. The van der Waals surface area contributed by atoms with Gasteiger partial charge in [0.1, 0.15) is 0 Å². The summed E-state index contributed by atoms with van der Waals surface area (Å²) < 4.78 is 23.9. The number of nitrogens with one attached hydrogen (secondary N) is 1. The molecule has 1 aliphatic rings. The molecule has 0 bridgehead atoms. The SMILES string of the molecule is CN1CCC(C)(CNS(N)(=O)=O)CC1. The third-order valence-corrected chi connectivity index (χ3v) is 3.44. The van der Waals surface area contributed by atoms with E-state index in [0.717, 1.165) is 25.9 Å². The molecule has 0 radical (unpaired) electrons. The third kappa shape index (κ3) is 3.91. The summed E-state index contributed by atoms with van der Waals surface area (Å²) in [5.41, 5.74) is 0.0545. The number of rotatable bonds is 3. The van der Waals surface area contributed by atoms with E-state index in [1.807, 2.05) is 0 Å². The predicted octanol–water partition coefficient (Wildman–Crippen LogP) is -0.489. The van der Waals surface area contributed by atoms with Crippen LogP contribution in [0.15, 0.2) is 0 Å². The van der Waals surface area contributed by atoms with Crippen LogP contribution in [0.1, 0.15) is 19.8 Å². The fraction of sp³-hybridized carbons (Fsp3) is 1.00. The zero-order chi connectivity index (χ0) is 10.8. The molecular formula is C8H19N3O2S. The summed E-state index contributed by atoms with van der Waals surface area (Å²) in [4.78, 5) is 2.25. The molecule has 0 aromatic heterocycles. The van der Waals surface area contributed by atoms with Crippen molar-refractivity contribution in [1.82, 2.24) is 9.62 Å². The number of nitrogens with two attached hydrogens (primary N) is 1. The zero-order valence-electron chi connectivity index (χ0n) is 8.78. The van der Waals surface area contributed by atoms with Gasteiger partial charge < -0.3 is 4.90 Å². The molecule has 0 amide bonds. The zero-order valence-corrected chi connectivity index (χ0v) is 9.60. The monoisotopic (exact) mass is 221 g/mol. The largest absolute Gasteiger partial charge is 0.306 e. The first-order chi connectivity index (χ1) is 6.31. The fourth-order valence-electron chi connectivity index (χ4n) is 1.61. The van der Waals surface area contributed by atoms with Crippen LogP contribution in [0.25, 0.3) is 0 Å². The topological polar surface area (TPSA) is 75.4 Å². The second kappa shape index (κ2) is 4.14. The molecule has 1 fully saturated rings. The summed E-state index contributed by atoms with van der Waals surface area (Å²) in [6.07, 6.45) is 2.01. The van der Waals surface area contributed by atoms with Gasteiger partial charge in [0.15, 0.2) is 0 Å². The van der Waals surface area contributed by atoms with E-state index < -0.39 is 10.2 Å². The standard InChI is InChI=1S/C8H19N3O2S/c1-8(7-10-14(9,12)13)3-5-11(2)6-4-8/h10H,3-7H2,1-2H3,(H2,9,12,13). The molecule has 0 saturated carbocycles. The first-order valence-electron chi connectivity index (χ1n) is 4.77. The number of nitrogens with zero attached hydrogens (tertiary/aromatic N) is 1. The van der Waals surface area contributed by atoms with Crippen LogP contribution in [0.2, 0.25) is 0 Å². The lowest BCUT2D eigenvalue weighted by Crippen LogP contribution is -2.44. The molecule has 0 aliphatic carbocycles. The molecule has 0 aromatic carbocycles. The molecule has 3 N–H and O–H groups in total. The van der Waals surface area contributed by atoms with Gasteiger partial charge in [0.25, 0.3) is 10.2 Å². The molecule has 0 atom stereocenters. The summed E-state index contributed by atoms with van der Waals surface area (Å²) in [7, 11) is -1.46. The molecule has 0 spiro atoms. The normalized spacial score (nSPS) is 23.6. The molecule has 1 aliphatic heterocycles. The first kappa shape index (κ1) is 11.9. The first-order valence-corrected chi connectivity index (χ1v) is 6.31. The van der Waals surface area contributed by atoms with E-state index in [1.165, 1.54) is 0 Å². The molecular weight excluding hydrogens is 202 g/mol. The second-order valence-corrected chi connectivity index (χ2v) is 5.86. The Morgan fingerprint density at radius 1 is 1.43 bits per heavy atom. The highest BCUT2D eigenvalue weighted by Gasteiger charge is 2.29. The Kier molecular flexibility index (Phi) is 3.52. The lowest BCUT2D eigenvalue weighted by atomic mass is 9.81. The van der Waals surface area contributed by atoms with Gasteiger partial charge in [0.2, 0.25) is 0 Å². The highest BCUT2D eigenvalue weighted by molar-refractivity contribution is 7.87. The van der Waals surface area contributed by atoms with Crippen molar-refractivity contribution in [2.75, 3.05) is 26.7 Å². The van der Waals surface area contributed by atoms with Gasteiger partial charge in [-0.3, -0.25) is 0 Å². The van der Waals surface area contributed by atoms with Gasteiger partial charge in [-0.05, 0) is 38.4 Å². The molecule has 6 heteroatoms. The van der Waals surface area contributed by atoms with Gasteiger partial charge in [0, 0.05) is 6.54 Å². The number of piperidine rings is 1. The van der Waals surface area contributed by atoms with Crippen LogP contribution in [0.5, 0.6) is 0 Å². The van der Waals surface area contributed by atoms with Crippen LogP contribution in [0.4, 0.5) is 0 Å². The van der Waals surface area contributed by atoms with Gasteiger partial charge in [-0.15, -0.1) is 0 Å². The molecule has 0 unspecified atom stereocenters. The summed E-state index contributed by atoms with van der Waals surface area (Å²) in [5, 5.41) is 4.89. The summed E-state index contributed by atoms with van der Waals surface area (Å²) in [6.45, 7) is 4.57. The third-order valence-electron chi connectivity index (χ3n) is 2.89. The van der Waals surface area contributed by atoms with Crippen LogP contribution in [-0.4, -0.2) is 40.0 Å². The van der Waals surface area contributed by atoms with Crippen molar-refractivity contribution < 1.29 is 8.42 Å². The Morgan fingerprint density at radius 2 is 1.93 bits per heavy atom. The fourth-order valence-corrected chi connectivity index (χ4v) is 2.16. The minimum atomic E-state index is -3.54. The Labute approximate surface area is 85.8 Å². The van der Waals surface area contributed by atoms with Crippen molar-refractivity contribution in [3.8, 4) is 0 Å². The maximum Gasteiger partial charge on any atom is 0.274 e. The van der Waals surface area contributed by atoms with Crippen LogP contribution >= 0.6 is 0 Å². The van der Waals surface area contributed by atoms with Crippen LogP contribution in [0.3, 0.4) is 0 Å². The van der Waals surface area contributed by atoms with E-state index in [9.17, 15) is 8.42 Å². The van der Waals surface area contributed by atoms with Crippen molar-refractivity contribution in [2.24, 2.45) is 10.6 Å². The van der Waals surface area contributed by atoms with Crippen LogP contribution in [-0.2, 0) is 10.2 Å². The van der Waals surface area contributed by atoms with Gasteiger partial charge in [0.05, 0.1) is 0 Å². The van der Waals surface area contributed by atoms with E-state index >= 15 is 0 Å². The van der Waals surface area contributed by atoms with Crippen LogP contribution in [0, 0.1) is 5.41 Å². The highest BCUT2D eigenvalue weighted by atomic mass is 32.2. The summed E-state index contributed by atoms with van der Waals surface area (Å²) in [5.74, 6) is 0. The Hall–Kier alpha value is -0.170. The highest BCUT2D eigenvalue weighted by Crippen LogP contribution is 2.29. The van der Waals surface area contributed by atoms with E-state index in [2.05, 4.69) is 23.6 Å². The molecule has 14 heavy (non-hydrogen) atoms. The van der Waals surface area contributed by atoms with Gasteiger partial charge in [-0.25, -0.2) is 9.86 Å².